The van der Waals surface area contributed by atoms with Crippen LogP contribution in [0.2, 0.25) is 0 Å². The molecule has 0 aliphatic carbocycles. The molecular weight excluding hydrogens is 358 g/mol. The Morgan fingerprint density at radius 3 is 1.76 bits per heavy atom. The molecule has 1 atom stereocenters. The normalized spacial score (nSPS) is 12.1. The second-order valence-corrected chi connectivity index (χ2v) is 8.32. The molecule has 1 unspecified atom stereocenters. The molecule has 0 spiro atoms. The van der Waals surface area contributed by atoms with Gasteiger partial charge >= 0.3 is 5.97 Å². The number of carbonyl (C=O) groups is 1. The van der Waals surface area contributed by atoms with Crippen molar-refractivity contribution in [1.29, 1.82) is 0 Å². The third-order valence-electron chi connectivity index (χ3n) is 5.69. The molecule has 1 aromatic rings. The zero-order valence-corrected chi connectivity index (χ0v) is 19.1. The highest BCUT2D eigenvalue weighted by Crippen LogP contribution is 2.13. The van der Waals surface area contributed by atoms with Gasteiger partial charge in [0, 0.05) is 0 Å². The Bertz CT molecular complexity index is 489. The molecule has 0 aliphatic rings. The fourth-order valence-electron chi connectivity index (χ4n) is 3.83. The van der Waals surface area contributed by atoms with Crippen molar-refractivity contribution in [3.8, 4) is 0 Å². The number of hydrogen-bond donors (Lipinski definition) is 1. The molecule has 1 rings (SSSR count). The summed E-state index contributed by atoms with van der Waals surface area (Å²) < 4.78 is 4.96. The summed E-state index contributed by atoms with van der Waals surface area (Å²) in [6, 6.07) is 9.89. The lowest BCUT2D eigenvalue weighted by Crippen LogP contribution is -2.39. The van der Waals surface area contributed by atoms with Crippen LogP contribution in [0.5, 0.6) is 0 Å². The molecule has 1 aromatic carbocycles. The number of carbonyl (C=O) groups excluding carboxylic acids is 1. The molecule has 0 saturated carbocycles. The Hall–Kier alpha value is -1.35. The maximum absolute atomic E-state index is 12.0. The van der Waals surface area contributed by atoms with Crippen LogP contribution in [0.1, 0.15) is 102 Å². The molecular formula is C26H45NO2. The smallest absolute Gasteiger partial charge is 0.323 e. The van der Waals surface area contributed by atoms with E-state index in [-0.39, 0.29) is 12.0 Å². The van der Waals surface area contributed by atoms with Crippen molar-refractivity contribution in [1.82, 2.24) is 5.32 Å². The average Bonchev–Trinajstić information content (AvgIpc) is 2.75. The van der Waals surface area contributed by atoms with Crippen molar-refractivity contribution in [2.75, 3.05) is 13.7 Å². The minimum absolute atomic E-state index is 0.167. The SMILES string of the molecule is CCCCCCCCCCCCCCCCNC(Cc1ccccc1)C(=O)OC. The predicted molar refractivity (Wildman–Crippen MR) is 124 cm³/mol. The molecule has 0 bridgehead atoms. The number of methoxy groups -OCH3 is 1. The van der Waals surface area contributed by atoms with Crippen LogP contribution in [0.15, 0.2) is 30.3 Å². The van der Waals surface area contributed by atoms with Gasteiger partial charge in [-0.25, -0.2) is 0 Å². The van der Waals surface area contributed by atoms with Gasteiger partial charge in [0.25, 0.3) is 0 Å². The van der Waals surface area contributed by atoms with E-state index in [1.807, 2.05) is 18.2 Å². The van der Waals surface area contributed by atoms with Crippen LogP contribution in [-0.2, 0) is 16.0 Å². The first-order valence-electron chi connectivity index (χ1n) is 12.1. The first kappa shape index (κ1) is 25.7. The number of nitrogens with one attached hydrogen (secondary N) is 1. The van der Waals surface area contributed by atoms with Gasteiger partial charge in [-0.05, 0) is 24.9 Å². The van der Waals surface area contributed by atoms with Gasteiger partial charge in [-0.1, -0.05) is 121 Å². The summed E-state index contributed by atoms with van der Waals surface area (Å²) in [5.74, 6) is -0.167. The lowest BCUT2D eigenvalue weighted by molar-refractivity contribution is -0.143. The van der Waals surface area contributed by atoms with E-state index in [0.29, 0.717) is 6.42 Å². The topological polar surface area (TPSA) is 38.3 Å². The molecule has 166 valence electrons. The summed E-state index contributed by atoms with van der Waals surface area (Å²) >= 11 is 0. The van der Waals surface area contributed by atoms with Crippen LogP contribution in [0, 0.1) is 0 Å². The van der Waals surface area contributed by atoms with Gasteiger partial charge in [-0.3, -0.25) is 4.79 Å². The Balaban J connectivity index is 1.96. The number of rotatable bonds is 19. The first-order valence-corrected chi connectivity index (χ1v) is 12.1. The van der Waals surface area contributed by atoms with Crippen LogP contribution >= 0.6 is 0 Å². The lowest BCUT2D eigenvalue weighted by atomic mass is 10.0. The average molecular weight is 404 g/mol. The van der Waals surface area contributed by atoms with E-state index in [9.17, 15) is 4.79 Å². The van der Waals surface area contributed by atoms with E-state index >= 15 is 0 Å². The number of ether oxygens (including phenoxy) is 1. The van der Waals surface area contributed by atoms with E-state index in [4.69, 9.17) is 4.74 Å². The highest BCUT2D eigenvalue weighted by atomic mass is 16.5. The molecule has 1 N–H and O–H groups in total. The van der Waals surface area contributed by atoms with Crippen molar-refractivity contribution < 1.29 is 9.53 Å². The second-order valence-electron chi connectivity index (χ2n) is 8.32. The van der Waals surface area contributed by atoms with Crippen LogP contribution in [0.3, 0.4) is 0 Å². The minimum Gasteiger partial charge on any atom is -0.468 e. The van der Waals surface area contributed by atoms with Crippen molar-refractivity contribution in [2.45, 2.75) is 109 Å². The van der Waals surface area contributed by atoms with Gasteiger partial charge in [-0.2, -0.15) is 0 Å². The number of benzene rings is 1. The van der Waals surface area contributed by atoms with Crippen LogP contribution in [0.25, 0.3) is 0 Å². The largest absolute Gasteiger partial charge is 0.468 e. The predicted octanol–water partition coefficient (Wildman–Crippen LogP) is 6.84. The fourth-order valence-corrected chi connectivity index (χ4v) is 3.83. The zero-order chi connectivity index (χ0) is 21.0. The standard InChI is InChI=1S/C26H45NO2/c1-3-4-5-6-7-8-9-10-11-12-13-14-15-19-22-27-25(26(28)29-2)23-24-20-17-16-18-21-24/h16-18,20-21,25,27H,3-15,19,22-23H2,1-2H3. The molecule has 3 nitrogen and oxygen atoms in total. The quantitative estimate of drug-likeness (QED) is 0.203. The molecule has 0 saturated heterocycles. The van der Waals surface area contributed by atoms with Gasteiger partial charge in [0.2, 0.25) is 0 Å². The van der Waals surface area contributed by atoms with E-state index in [0.717, 1.165) is 18.5 Å². The van der Waals surface area contributed by atoms with Crippen molar-refractivity contribution in [3.05, 3.63) is 35.9 Å². The minimum atomic E-state index is -0.246. The molecule has 29 heavy (non-hydrogen) atoms. The van der Waals surface area contributed by atoms with Crippen LogP contribution < -0.4 is 5.32 Å². The Morgan fingerprint density at radius 1 is 0.793 bits per heavy atom. The van der Waals surface area contributed by atoms with Gasteiger partial charge < -0.3 is 10.1 Å². The fraction of sp³-hybridized carbons (Fsp3) is 0.731. The molecule has 0 radical (unpaired) electrons. The molecule has 0 amide bonds. The summed E-state index contributed by atoms with van der Waals surface area (Å²) in [6.45, 7) is 3.16. The van der Waals surface area contributed by atoms with Gasteiger partial charge in [-0.15, -0.1) is 0 Å². The molecule has 0 aliphatic heterocycles. The summed E-state index contributed by atoms with van der Waals surface area (Å²) in [4.78, 5) is 12.0. The van der Waals surface area contributed by atoms with Crippen molar-refractivity contribution in [3.63, 3.8) is 0 Å². The van der Waals surface area contributed by atoms with Crippen LogP contribution in [0.4, 0.5) is 0 Å². The van der Waals surface area contributed by atoms with E-state index in [1.165, 1.54) is 90.6 Å². The maximum atomic E-state index is 12.0. The summed E-state index contributed by atoms with van der Waals surface area (Å²) in [7, 11) is 1.47. The van der Waals surface area contributed by atoms with Gasteiger partial charge in [0.15, 0.2) is 0 Å². The Labute approximate surface area is 180 Å². The second kappa shape index (κ2) is 18.7. The lowest BCUT2D eigenvalue weighted by Gasteiger charge is -2.16. The molecule has 0 fully saturated rings. The Morgan fingerprint density at radius 2 is 1.28 bits per heavy atom. The van der Waals surface area contributed by atoms with Crippen LogP contribution in [-0.4, -0.2) is 25.7 Å². The molecule has 0 aromatic heterocycles. The van der Waals surface area contributed by atoms with Crippen molar-refractivity contribution >= 4 is 5.97 Å². The van der Waals surface area contributed by atoms with E-state index in [2.05, 4.69) is 24.4 Å². The molecule has 0 heterocycles. The monoisotopic (exact) mass is 403 g/mol. The number of esters is 1. The third-order valence-corrected chi connectivity index (χ3v) is 5.69. The number of unbranched alkanes of at least 4 members (excludes halogenated alkanes) is 13. The first-order chi connectivity index (χ1) is 14.3. The zero-order valence-electron chi connectivity index (χ0n) is 19.1. The summed E-state index contributed by atoms with van der Waals surface area (Å²) in [5.41, 5.74) is 1.16. The third kappa shape index (κ3) is 14.3. The number of hydrogen-bond acceptors (Lipinski definition) is 3. The highest BCUT2D eigenvalue weighted by Gasteiger charge is 2.18. The molecule has 3 heteroatoms. The van der Waals surface area contributed by atoms with Gasteiger partial charge in [0.05, 0.1) is 7.11 Å². The van der Waals surface area contributed by atoms with E-state index < -0.39 is 0 Å². The Kier molecular flexibility index (Phi) is 16.5. The summed E-state index contributed by atoms with van der Waals surface area (Å²) in [6.07, 6.45) is 19.8. The van der Waals surface area contributed by atoms with Gasteiger partial charge in [0.1, 0.15) is 6.04 Å². The van der Waals surface area contributed by atoms with E-state index in [1.54, 1.807) is 0 Å². The maximum Gasteiger partial charge on any atom is 0.323 e. The van der Waals surface area contributed by atoms with Crippen molar-refractivity contribution in [2.24, 2.45) is 0 Å². The highest BCUT2D eigenvalue weighted by molar-refractivity contribution is 5.76. The summed E-state index contributed by atoms with van der Waals surface area (Å²) in [5, 5.41) is 3.39.